The van der Waals surface area contributed by atoms with Crippen LogP contribution in [0.3, 0.4) is 0 Å². The fourth-order valence-electron chi connectivity index (χ4n) is 0.586. The van der Waals surface area contributed by atoms with Crippen molar-refractivity contribution in [2.24, 2.45) is 5.84 Å². The van der Waals surface area contributed by atoms with Gasteiger partial charge in [0.05, 0.1) is 0 Å². The zero-order valence-electron chi connectivity index (χ0n) is 5.07. The summed E-state index contributed by atoms with van der Waals surface area (Å²) in [6.45, 7) is 0. The molecule has 3 N–H and O–H groups in total. The van der Waals surface area contributed by atoms with Gasteiger partial charge >= 0.3 is 0 Å². The van der Waals surface area contributed by atoms with Crippen LogP contribution in [0.15, 0.2) is 18.2 Å². The van der Waals surface area contributed by atoms with Crippen LogP contribution >= 0.6 is 45.2 Å². The van der Waals surface area contributed by atoms with E-state index in [9.17, 15) is 0 Å². The first-order chi connectivity index (χ1) is 4.74. The number of halogens is 2. The third-order valence-electron chi connectivity index (χ3n) is 1.09. The van der Waals surface area contributed by atoms with E-state index in [1.54, 1.807) is 0 Å². The highest BCUT2D eigenvalue weighted by molar-refractivity contribution is 14.1. The Hall–Kier alpha value is 0.440. The van der Waals surface area contributed by atoms with Crippen LogP contribution < -0.4 is 11.3 Å². The van der Waals surface area contributed by atoms with E-state index in [0.29, 0.717) is 0 Å². The van der Waals surface area contributed by atoms with Crippen molar-refractivity contribution in [2.75, 3.05) is 5.43 Å². The second kappa shape index (κ2) is 3.72. The predicted octanol–water partition coefficient (Wildman–Crippen LogP) is 2.18. The summed E-state index contributed by atoms with van der Waals surface area (Å²) in [5, 5.41) is 0. The molecule has 0 saturated carbocycles. The van der Waals surface area contributed by atoms with Crippen LogP contribution in [-0.2, 0) is 0 Å². The third kappa shape index (κ3) is 1.96. The lowest BCUT2D eigenvalue weighted by Gasteiger charge is -2.00. The standard InChI is InChI=1S/C6H6I2N2/c7-5-2-1-4(10-9)3-6(5)8/h1-3,10H,9H2. The third-order valence-corrected chi connectivity index (χ3v) is 3.95. The number of benzene rings is 1. The van der Waals surface area contributed by atoms with Crippen molar-refractivity contribution in [1.29, 1.82) is 0 Å². The van der Waals surface area contributed by atoms with Crippen molar-refractivity contribution >= 4 is 50.9 Å². The van der Waals surface area contributed by atoms with Gasteiger partial charge in [0, 0.05) is 12.8 Å². The molecule has 0 saturated heterocycles. The Morgan fingerprint density at radius 3 is 2.40 bits per heavy atom. The molecule has 0 amide bonds. The molecule has 0 heterocycles. The molecule has 0 aliphatic carbocycles. The number of rotatable bonds is 1. The summed E-state index contributed by atoms with van der Waals surface area (Å²) in [5.41, 5.74) is 3.54. The summed E-state index contributed by atoms with van der Waals surface area (Å²) in [5.74, 6) is 5.21. The molecule has 0 spiro atoms. The maximum Gasteiger partial charge on any atom is 0.0496 e. The summed E-state index contributed by atoms with van der Waals surface area (Å²) in [6.07, 6.45) is 0. The quantitative estimate of drug-likeness (QED) is 0.458. The van der Waals surface area contributed by atoms with Gasteiger partial charge in [0.1, 0.15) is 0 Å². The van der Waals surface area contributed by atoms with Gasteiger partial charge in [-0.2, -0.15) is 0 Å². The second-order valence-corrected chi connectivity index (χ2v) is 4.10. The Balaban J connectivity index is 3.04. The second-order valence-electron chi connectivity index (χ2n) is 1.77. The monoisotopic (exact) mass is 360 g/mol. The molecule has 0 unspecified atom stereocenters. The van der Waals surface area contributed by atoms with E-state index < -0.39 is 0 Å². The summed E-state index contributed by atoms with van der Waals surface area (Å²) in [7, 11) is 0. The van der Waals surface area contributed by atoms with Gasteiger partial charge in [0.2, 0.25) is 0 Å². The van der Waals surface area contributed by atoms with Crippen molar-refractivity contribution < 1.29 is 0 Å². The lowest BCUT2D eigenvalue weighted by molar-refractivity contribution is 1.34. The Labute approximate surface area is 86.8 Å². The van der Waals surface area contributed by atoms with Gasteiger partial charge in [-0.1, -0.05) is 0 Å². The Kier molecular flexibility index (Phi) is 3.18. The largest absolute Gasteiger partial charge is 0.324 e. The molecule has 1 rings (SSSR count). The van der Waals surface area contributed by atoms with E-state index >= 15 is 0 Å². The van der Waals surface area contributed by atoms with Crippen LogP contribution in [0.1, 0.15) is 0 Å². The zero-order chi connectivity index (χ0) is 7.56. The van der Waals surface area contributed by atoms with Crippen LogP contribution in [-0.4, -0.2) is 0 Å². The molecule has 0 aliphatic heterocycles. The van der Waals surface area contributed by atoms with E-state index in [2.05, 4.69) is 50.6 Å². The number of hydrazine groups is 1. The molecule has 1 aromatic rings. The van der Waals surface area contributed by atoms with Crippen molar-refractivity contribution in [1.82, 2.24) is 0 Å². The van der Waals surface area contributed by atoms with Crippen molar-refractivity contribution in [2.45, 2.75) is 0 Å². The molecular formula is C6H6I2N2. The number of nitrogens with two attached hydrogens (primary N) is 1. The van der Waals surface area contributed by atoms with Gasteiger partial charge in [0.15, 0.2) is 0 Å². The van der Waals surface area contributed by atoms with Crippen LogP contribution in [0, 0.1) is 7.14 Å². The molecule has 0 aromatic heterocycles. The van der Waals surface area contributed by atoms with E-state index in [4.69, 9.17) is 5.84 Å². The van der Waals surface area contributed by atoms with Gasteiger partial charge in [-0.3, -0.25) is 5.84 Å². The maximum atomic E-state index is 5.21. The minimum Gasteiger partial charge on any atom is -0.324 e. The van der Waals surface area contributed by atoms with Gasteiger partial charge in [-0.05, 0) is 63.4 Å². The molecule has 0 bridgehead atoms. The minimum atomic E-state index is 0.949. The first kappa shape index (κ1) is 8.54. The summed E-state index contributed by atoms with van der Waals surface area (Å²) in [4.78, 5) is 0. The van der Waals surface area contributed by atoms with E-state index in [1.165, 1.54) is 7.14 Å². The van der Waals surface area contributed by atoms with Crippen LogP contribution in [0.25, 0.3) is 0 Å². The average Bonchev–Trinajstić information content (AvgIpc) is 1.95. The predicted molar refractivity (Wildman–Crippen MR) is 59.7 cm³/mol. The van der Waals surface area contributed by atoms with Crippen molar-refractivity contribution in [3.8, 4) is 0 Å². The number of hydrogen-bond donors (Lipinski definition) is 2. The molecule has 0 radical (unpaired) electrons. The average molecular weight is 360 g/mol. The molecule has 54 valence electrons. The lowest BCUT2D eigenvalue weighted by Crippen LogP contribution is -2.06. The van der Waals surface area contributed by atoms with E-state index in [1.807, 2.05) is 18.2 Å². The fourth-order valence-corrected chi connectivity index (χ4v) is 1.44. The SMILES string of the molecule is NNc1ccc(I)c(I)c1. The Morgan fingerprint density at radius 2 is 1.90 bits per heavy atom. The van der Waals surface area contributed by atoms with E-state index in [0.717, 1.165) is 5.69 Å². The van der Waals surface area contributed by atoms with E-state index in [-0.39, 0.29) is 0 Å². The topological polar surface area (TPSA) is 38.0 Å². The first-order valence-corrected chi connectivity index (χ1v) is 4.81. The Morgan fingerprint density at radius 1 is 1.20 bits per heavy atom. The molecular weight excluding hydrogens is 354 g/mol. The number of hydrogen-bond acceptors (Lipinski definition) is 2. The molecule has 0 aliphatic rings. The highest BCUT2D eigenvalue weighted by Crippen LogP contribution is 2.18. The molecule has 2 nitrogen and oxygen atoms in total. The maximum absolute atomic E-state index is 5.21. The van der Waals surface area contributed by atoms with Gasteiger partial charge in [-0.25, -0.2) is 0 Å². The minimum absolute atomic E-state index is 0.949. The molecule has 10 heavy (non-hydrogen) atoms. The van der Waals surface area contributed by atoms with Gasteiger partial charge in [0.25, 0.3) is 0 Å². The van der Waals surface area contributed by atoms with Crippen molar-refractivity contribution in [3.05, 3.63) is 25.3 Å². The summed E-state index contributed by atoms with van der Waals surface area (Å²) in [6, 6.07) is 5.98. The van der Waals surface area contributed by atoms with Crippen LogP contribution in [0.4, 0.5) is 5.69 Å². The van der Waals surface area contributed by atoms with Crippen LogP contribution in [0.5, 0.6) is 0 Å². The fraction of sp³-hybridized carbons (Fsp3) is 0. The molecule has 4 heteroatoms. The number of anilines is 1. The summed E-state index contributed by atoms with van der Waals surface area (Å²) < 4.78 is 2.46. The molecule has 0 atom stereocenters. The zero-order valence-corrected chi connectivity index (χ0v) is 9.38. The molecule has 0 fully saturated rings. The van der Waals surface area contributed by atoms with Crippen LogP contribution in [0.2, 0.25) is 0 Å². The van der Waals surface area contributed by atoms with Gasteiger partial charge in [-0.15, -0.1) is 0 Å². The lowest BCUT2D eigenvalue weighted by atomic mass is 10.3. The number of nitrogens with one attached hydrogen (secondary N) is 1. The normalized spacial score (nSPS) is 9.50. The highest BCUT2D eigenvalue weighted by atomic mass is 127. The number of nitrogen functional groups attached to an aromatic ring is 1. The van der Waals surface area contributed by atoms with Crippen molar-refractivity contribution in [3.63, 3.8) is 0 Å². The Bertz CT molecular complexity index is 237. The first-order valence-electron chi connectivity index (χ1n) is 2.65. The van der Waals surface area contributed by atoms with Gasteiger partial charge < -0.3 is 5.43 Å². The smallest absolute Gasteiger partial charge is 0.0496 e. The highest BCUT2D eigenvalue weighted by Gasteiger charge is 1.94. The summed E-state index contributed by atoms with van der Waals surface area (Å²) >= 11 is 4.55. The molecule has 1 aromatic carbocycles.